The van der Waals surface area contributed by atoms with Gasteiger partial charge in [-0.05, 0) is 32.1 Å². The Morgan fingerprint density at radius 1 is 0.630 bits per heavy atom. The number of aryl methyl sites for hydroxylation is 2. The number of rotatable bonds is 19. The quantitative estimate of drug-likeness (QED) is 0.173. The fourth-order valence-electron chi connectivity index (χ4n) is 4.07. The van der Waals surface area contributed by atoms with E-state index in [-0.39, 0.29) is 0 Å². The van der Waals surface area contributed by atoms with E-state index in [1.807, 2.05) is 0 Å². The molecule has 0 aliphatic carbocycles. The first-order valence-electron chi connectivity index (χ1n) is 12.4. The van der Waals surface area contributed by atoms with E-state index >= 15 is 0 Å². The average molecular weight is 378 g/mol. The third-order valence-corrected chi connectivity index (χ3v) is 5.82. The predicted octanol–water partition coefficient (Wildman–Crippen LogP) is 7.62. The Bertz CT molecular complexity index is 436. The molecule has 0 aliphatic rings. The molecule has 1 aromatic rings. The van der Waals surface area contributed by atoms with E-state index in [9.17, 15) is 0 Å². The zero-order valence-corrected chi connectivity index (χ0v) is 19.0. The van der Waals surface area contributed by atoms with E-state index in [1.165, 1.54) is 122 Å². The van der Waals surface area contributed by atoms with Crippen LogP contribution in [-0.2, 0) is 19.5 Å². The van der Waals surface area contributed by atoms with Crippen molar-refractivity contribution in [2.24, 2.45) is 0 Å². The van der Waals surface area contributed by atoms with Crippen LogP contribution in [0.15, 0.2) is 12.4 Å². The van der Waals surface area contributed by atoms with Crippen molar-refractivity contribution in [3.05, 3.63) is 18.2 Å². The van der Waals surface area contributed by atoms with Gasteiger partial charge < -0.3 is 0 Å². The van der Waals surface area contributed by atoms with Crippen molar-refractivity contribution in [3.63, 3.8) is 0 Å². The van der Waals surface area contributed by atoms with Crippen molar-refractivity contribution in [1.29, 1.82) is 0 Å². The Kier molecular flexibility index (Phi) is 15.6. The van der Waals surface area contributed by atoms with Crippen LogP contribution < -0.4 is 4.57 Å². The van der Waals surface area contributed by atoms with E-state index in [0.717, 1.165) is 0 Å². The molecule has 0 unspecified atom stereocenters. The number of unbranched alkanes of at least 4 members (excludes halogenated alkanes) is 13. The summed E-state index contributed by atoms with van der Waals surface area (Å²) in [7, 11) is 0. The molecule has 1 aromatic heterocycles. The average Bonchev–Trinajstić information content (AvgIpc) is 3.05. The van der Waals surface area contributed by atoms with Crippen LogP contribution in [0, 0.1) is 0 Å². The lowest BCUT2D eigenvalue weighted by Gasteiger charge is -2.05. The summed E-state index contributed by atoms with van der Waals surface area (Å²) >= 11 is 0. The highest BCUT2D eigenvalue weighted by atomic mass is 15.1. The molecule has 0 spiro atoms. The van der Waals surface area contributed by atoms with Crippen molar-refractivity contribution < 1.29 is 4.57 Å². The van der Waals surface area contributed by atoms with Crippen LogP contribution in [0.2, 0.25) is 0 Å². The summed E-state index contributed by atoms with van der Waals surface area (Å²) in [5.74, 6) is 1.56. The molecule has 0 N–H and O–H groups in total. The van der Waals surface area contributed by atoms with Gasteiger partial charge in [-0.2, -0.15) is 0 Å². The maximum absolute atomic E-state index is 2.54. The van der Waals surface area contributed by atoms with Gasteiger partial charge in [-0.3, -0.25) is 0 Å². The number of aromatic nitrogens is 2. The molecule has 0 bridgehead atoms. The molecule has 2 nitrogen and oxygen atoms in total. The monoisotopic (exact) mass is 377 g/mol. The third-order valence-electron chi connectivity index (χ3n) is 5.82. The summed E-state index contributed by atoms with van der Waals surface area (Å²) in [6.45, 7) is 9.33. The van der Waals surface area contributed by atoms with Crippen molar-refractivity contribution in [1.82, 2.24) is 4.57 Å². The topological polar surface area (TPSA) is 8.81 Å². The van der Waals surface area contributed by atoms with Gasteiger partial charge in [0.25, 0.3) is 5.82 Å². The summed E-state index contributed by atoms with van der Waals surface area (Å²) in [6, 6.07) is 0. The molecule has 0 fully saturated rings. The Hall–Kier alpha value is -0.790. The Morgan fingerprint density at radius 2 is 1.15 bits per heavy atom. The van der Waals surface area contributed by atoms with E-state index in [1.54, 1.807) is 5.82 Å². The van der Waals surface area contributed by atoms with Gasteiger partial charge in [0, 0.05) is 6.42 Å². The SMILES string of the molecule is CCCCCCCCCCCCn1cc[n+](CCCCCCC)c1CCC. The first kappa shape index (κ1) is 24.2. The highest BCUT2D eigenvalue weighted by Gasteiger charge is 2.15. The van der Waals surface area contributed by atoms with Gasteiger partial charge in [-0.1, -0.05) is 91.4 Å². The highest BCUT2D eigenvalue weighted by Crippen LogP contribution is 2.12. The van der Waals surface area contributed by atoms with Gasteiger partial charge >= 0.3 is 0 Å². The van der Waals surface area contributed by atoms with Crippen LogP contribution in [0.4, 0.5) is 0 Å². The maximum atomic E-state index is 2.54. The van der Waals surface area contributed by atoms with Gasteiger partial charge in [-0.15, -0.1) is 0 Å². The van der Waals surface area contributed by atoms with Gasteiger partial charge in [-0.25, -0.2) is 9.13 Å². The fourth-order valence-corrected chi connectivity index (χ4v) is 4.07. The molecule has 0 saturated heterocycles. The molecule has 0 aliphatic heterocycles. The van der Waals surface area contributed by atoms with E-state index in [2.05, 4.69) is 42.3 Å². The molecule has 2 heteroatoms. The molecule has 27 heavy (non-hydrogen) atoms. The van der Waals surface area contributed by atoms with Gasteiger partial charge in [0.15, 0.2) is 0 Å². The molecular weight excluding hydrogens is 328 g/mol. The minimum atomic E-state index is 1.21. The maximum Gasteiger partial charge on any atom is 0.256 e. The molecule has 0 amide bonds. The standard InChI is InChI=1S/C25H49N2/c1-4-7-9-11-12-13-14-15-17-19-22-27-24-23-26(25(27)20-6-3)21-18-16-10-8-5-2/h23-24H,4-22H2,1-3H3/q+1. The van der Waals surface area contributed by atoms with Crippen molar-refractivity contribution in [3.8, 4) is 0 Å². The Balaban J connectivity index is 2.19. The predicted molar refractivity (Wildman–Crippen MR) is 119 cm³/mol. The lowest BCUT2D eigenvalue weighted by atomic mass is 10.1. The van der Waals surface area contributed by atoms with Crippen molar-refractivity contribution in [2.45, 2.75) is 143 Å². The number of nitrogens with zero attached hydrogens (tertiary/aromatic N) is 2. The lowest BCUT2D eigenvalue weighted by Crippen LogP contribution is -2.37. The van der Waals surface area contributed by atoms with Crippen LogP contribution >= 0.6 is 0 Å². The minimum absolute atomic E-state index is 1.21. The van der Waals surface area contributed by atoms with Gasteiger partial charge in [0.05, 0.1) is 13.1 Å². The molecule has 0 atom stereocenters. The van der Waals surface area contributed by atoms with Crippen LogP contribution in [-0.4, -0.2) is 4.57 Å². The number of hydrogen-bond donors (Lipinski definition) is 0. The normalized spacial score (nSPS) is 11.4. The summed E-state index contributed by atoms with van der Waals surface area (Å²) in [6.07, 6.45) is 28.2. The Morgan fingerprint density at radius 3 is 1.70 bits per heavy atom. The lowest BCUT2D eigenvalue weighted by molar-refractivity contribution is -0.704. The first-order valence-corrected chi connectivity index (χ1v) is 12.4. The molecule has 0 aromatic carbocycles. The Labute approximate surface area is 170 Å². The second kappa shape index (κ2) is 17.3. The van der Waals surface area contributed by atoms with Gasteiger partial charge in [0.2, 0.25) is 0 Å². The second-order valence-electron chi connectivity index (χ2n) is 8.45. The zero-order valence-electron chi connectivity index (χ0n) is 19.0. The van der Waals surface area contributed by atoms with Crippen LogP contribution in [0.1, 0.15) is 129 Å². The second-order valence-corrected chi connectivity index (χ2v) is 8.45. The largest absolute Gasteiger partial charge is 0.256 e. The smallest absolute Gasteiger partial charge is 0.234 e. The van der Waals surface area contributed by atoms with E-state index in [0.29, 0.717) is 0 Å². The molecular formula is C25H49N2+. The number of imidazole rings is 1. The van der Waals surface area contributed by atoms with Crippen molar-refractivity contribution >= 4 is 0 Å². The number of hydrogen-bond acceptors (Lipinski definition) is 0. The molecule has 1 rings (SSSR count). The zero-order chi connectivity index (χ0) is 19.6. The van der Waals surface area contributed by atoms with Gasteiger partial charge in [0.1, 0.15) is 12.4 Å². The van der Waals surface area contributed by atoms with E-state index in [4.69, 9.17) is 0 Å². The summed E-state index contributed by atoms with van der Waals surface area (Å²) in [4.78, 5) is 0. The molecule has 158 valence electrons. The highest BCUT2D eigenvalue weighted by molar-refractivity contribution is 4.84. The summed E-state index contributed by atoms with van der Waals surface area (Å²) < 4.78 is 5.08. The molecule has 0 radical (unpaired) electrons. The van der Waals surface area contributed by atoms with Crippen LogP contribution in [0.5, 0.6) is 0 Å². The molecule has 0 saturated carbocycles. The minimum Gasteiger partial charge on any atom is -0.234 e. The molecule has 1 heterocycles. The summed E-state index contributed by atoms with van der Waals surface area (Å²) in [5.41, 5.74) is 0. The third kappa shape index (κ3) is 11.6. The van der Waals surface area contributed by atoms with Crippen molar-refractivity contribution in [2.75, 3.05) is 0 Å². The van der Waals surface area contributed by atoms with E-state index < -0.39 is 0 Å². The van der Waals surface area contributed by atoms with Crippen LogP contribution in [0.3, 0.4) is 0 Å². The van der Waals surface area contributed by atoms with Crippen LogP contribution in [0.25, 0.3) is 0 Å². The fraction of sp³-hybridized carbons (Fsp3) is 0.880. The summed E-state index contributed by atoms with van der Waals surface area (Å²) in [5, 5.41) is 0. The first-order chi connectivity index (χ1) is 13.3.